The second kappa shape index (κ2) is 7.04. The molecule has 2 aromatic rings. The molecule has 0 heterocycles. The van der Waals surface area contributed by atoms with Crippen molar-refractivity contribution in [2.75, 3.05) is 5.32 Å². The van der Waals surface area contributed by atoms with Gasteiger partial charge in [-0.15, -0.1) is 0 Å². The number of rotatable bonds is 5. The summed E-state index contributed by atoms with van der Waals surface area (Å²) in [5, 5.41) is 2.90. The Balaban J connectivity index is 1.99. The van der Waals surface area contributed by atoms with E-state index in [9.17, 15) is 4.79 Å². The average molecular weight is 283 g/mol. The van der Waals surface area contributed by atoms with Crippen molar-refractivity contribution in [2.24, 2.45) is 0 Å². The van der Waals surface area contributed by atoms with Crippen molar-refractivity contribution in [3.8, 4) is 0 Å². The fourth-order valence-electron chi connectivity index (χ4n) is 1.94. The van der Waals surface area contributed by atoms with Crippen LogP contribution in [-0.2, 0) is 11.3 Å². The third-order valence-corrected chi connectivity index (χ3v) is 3.08. The van der Waals surface area contributed by atoms with E-state index in [4.69, 9.17) is 4.74 Å². The highest BCUT2D eigenvalue weighted by Gasteiger charge is 2.06. The number of anilines is 1. The van der Waals surface area contributed by atoms with Crippen LogP contribution in [0.25, 0.3) is 0 Å². The van der Waals surface area contributed by atoms with Crippen molar-refractivity contribution in [1.29, 1.82) is 0 Å². The molecule has 0 fully saturated rings. The molecule has 0 aliphatic rings. The number of carbonyl (C=O) groups is 1. The van der Waals surface area contributed by atoms with Crippen molar-refractivity contribution in [3.63, 3.8) is 0 Å². The highest BCUT2D eigenvalue weighted by molar-refractivity contribution is 6.04. The van der Waals surface area contributed by atoms with Crippen molar-refractivity contribution < 1.29 is 9.53 Å². The van der Waals surface area contributed by atoms with Crippen molar-refractivity contribution in [1.82, 2.24) is 0 Å². The molecule has 110 valence electrons. The van der Waals surface area contributed by atoms with Gasteiger partial charge in [-0.3, -0.25) is 4.79 Å². The van der Waals surface area contributed by atoms with Gasteiger partial charge in [0.2, 0.25) is 0 Å². The minimum atomic E-state index is -0.100. The van der Waals surface area contributed by atoms with Crippen LogP contribution in [0.3, 0.4) is 0 Å². The third-order valence-electron chi connectivity index (χ3n) is 3.08. The molecule has 0 radical (unpaired) electrons. The van der Waals surface area contributed by atoms with Crippen LogP contribution in [0, 0.1) is 6.92 Å². The first kappa shape index (κ1) is 15.3. The van der Waals surface area contributed by atoms with Gasteiger partial charge in [-0.1, -0.05) is 24.3 Å². The van der Waals surface area contributed by atoms with Crippen LogP contribution in [-0.4, -0.2) is 12.0 Å². The first-order valence-electron chi connectivity index (χ1n) is 7.13. The maximum Gasteiger partial charge on any atom is 0.255 e. The Kier molecular flexibility index (Phi) is 5.12. The van der Waals surface area contributed by atoms with Crippen LogP contribution >= 0.6 is 0 Å². The standard InChI is InChI=1S/C18H21NO2/c1-13(2)21-12-15-7-9-16(10-8-15)18(20)19-17-6-4-5-14(3)11-17/h4-11,13H,12H2,1-3H3,(H,19,20). The highest BCUT2D eigenvalue weighted by atomic mass is 16.5. The molecule has 0 aliphatic heterocycles. The molecule has 0 bridgehead atoms. The van der Waals surface area contributed by atoms with Crippen LogP contribution < -0.4 is 5.32 Å². The normalized spacial score (nSPS) is 10.7. The molecule has 0 aliphatic carbocycles. The lowest BCUT2D eigenvalue weighted by Gasteiger charge is -2.09. The SMILES string of the molecule is Cc1cccc(NC(=O)c2ccc(COC(C)C)cc2)c1. The van der Waals surface area contributed by atoms with Gasteiger partial charge in [0, 0.05) is 11.3 Å². The predicted molar refractivity (Wildman–Crippen MR) is 85.5 cm³/mol. The molecule has 2 rings (SSSR count). The quantitative estimate of drug-likeness (QED) is 0.894. The number of aryl methyl sites for hydroxylation is 1. The van der Waals surface area contributed by atoms with E-state index in [-0.39, 0.29) is 12.0 Å². The number of nitrogens with one attached hydrogen (secondary N) is 1. The summed E-state index contributed by atoms with van der Waals surface area (Å²) in [5.74, 6) is -0.100. The van der Waals surface area contributed by atoms with Gasteiger partial charge in [0.1, 0.15) is 0 Å². The summed E-state index contributed by atoms with van der Waals surface area (Å²) in [5.41, 5.74) is 3.64. The molecule has 0 spiro atoms. The third kappa shape index (κ3) is 4.72. The minimum Gasteiger partial charge on any atom is -0.374 e. The van der Waals surface area contributed by atoms with Crippen LogP contribution in [0.1, 0.15) is 35.3 Å². The number of benzene rings is 2. The van der Waals surface area contributed by atoms with Gasteiger partial charge in [0.05, 0.1) is 12.7 Å². The molecule has 0 unspecified atom stereocenters. The van der Waals surface area contributed by atoms with Crippen molar-refractivity contribution in [3.05, 3.63) is 65.2 Å². The Morgan fingerprint density at radius 1 is 1.14 bits per heavy atom. The molecular weight excluding hydrogens is 262 g/mol. The van der Waals surface area contributed by atoms with Gasteiger partial charge in [-0.05, 0) is 56.2 Å². The van der Waals surface area contributed by atoms with E-state index in [0.29, 0.717) is 12.2 Å². The van der Waals surface area contributed by atoms with Gasteiger partial charge in [-0.25, -0.2) is 0 Å². The van der Waals surface area contributed by atoms with Crippen LogP contribution in [0.5, 0.6) is 0 Å². The minimum absolute atomic E-state index is 0.100. The fraction of sp³-hybridized carbons (Fsp3) is 0.278. The summed E-state index contributed by atoms with van der Waals surface area (Å²) in [6.07, 6.45) is 0.203. The first-order valence-corrected chi connectivity index (χ1v) is 7.13. The maximum atomic E-state index is 12.2. The number of carbonyl (C=O) groups excluding carboxylic acids is 1. The lowest BCUT2D eigenvalue weighted by molar-refractivity contribution is 0.0657. The van der Waals surface area contributed by atoms with Gasteiger partial charge >= 0.3 is 0 Å². The Morgan fingerprint density at radius 2 is 1.86 bits per heavy atom. The molecule has 0 saturated carbocycles. The van der Waals surface area contributed by atoms with Crippen molar-refractivity contribution >= 4 is 11.6 Å². The monoisotopic (exact) mass is 283 g/mol. The second-order valence-electron chi connectivity index (χ2n) is 5.38. The van der Waals surface area contributed by atoms with E-state index in [1.165, 1.54) is 0 Å². The molecule has 2 aromatic carbocycles. The van der Waals surface area contributed by atoms with Crippen molar-refractivity contribution in [2.45, 2.75) is 33.5 Å². The smallest absolute Gasteiger partial charge is 0.255 e. The summed E-state index contributed by atoms with van der Waals surface area (Å²) in [6, 6.07) is 15.3. The predicted octanol–water partition coefficient (Wildman–Crippen LogP) is 4.17. The van der Waals surface area contributed by atoms with Gasteiger partial charge in [-0.2, -0.15) is 0 Å². The van der Waals surface area contributed by atoms with Gasteiger partial charge in [0.15, 0.2) is 0 Å². The molecule has 3 heteroatoms. The lowest BCUT2D eigenvalue weighted by atomic mass is 10.1. The zero-order chi connectivity index (χ0) is 15.2. The Labute approximate surface area is 126 Å². The van der Waals surface area contributed by atoms with Gasteiger partial charge in [0.25, 0.3) is 5.91 Å². The van der Waals surface area contributed by atoms with E-state index >= 15 is 0 Å². The van der Waals surface area contributed by atoms with E-state index in [0.717, 1.165) is 16.8 Å². The summed E-state index contributed by atoms with van der Waals surface area (Å²) in [6.45, 7) is 6.57. The molecule has 1 N–H and O–H groups in total. The number of ether oxygens (including phenoxy) is 1. The summed E-state index contributed by atoms with van der Waals surface area (Å²) >= 11 is 0. The van der Waals surface area contributed by atoms with E-state index in [2.05, 4.69) is 5.32 Å². The Hall–Kier alpha value is -2.13. The van der Waals surface area contributed by atoms with E-state index < -0.39 is 0 Å². The number of hydrogen-bond acceptors (Lipinski definition) is 2. The molecular formula is C18H21NO2. The van der Waals surface area contributed by atoms with E-state index in [1.807, 2.05) is 69.3 Å². The molecule has 1 amide bonds. The highest BCUT2D eigenvalue weighted by Crippen LogP contribution is 2.13. The maximum absolute atomic E-state index is 12.2. The Morgan fingerprint density at radius 3 is 2.48 bits per heavy atom. The Bertz CT molecular complexity index is 603. The molecule has 21 heavy (non-hydrogen) atoms. The van der Waals surface area contributed by atoms with Crippen LogP contribution in [0.2, 0.25) is 0 Å². The topological polar surface area (TPSA) is 38.3 Å². The lowest BCUT2D eigenvalue weighted by Crippen LogP contribution is -2.12. The average Bonchev–Trinajstić information content (AvgIpc) is 2.45. The second-order valence-corrected chi connectivity index (χ2v) is 5.38. The van der Waals surface area contributed by atoms with Gasteiger partial charge < -0.3 is 10.1 Å². The molecule has 3 nitrogen and oxygen atoms in total. The molecule has 0 atom stereocenters. The molecule has 0 aromatic heterocycles. The number of amides is 1. The van der Waals surface area contributed by atoms with E-state index in [1.54, 1.807) is 0 Å². The largest absolute Gasteiger partial charge is 0.374 e. The zero-order valence-corrected chi connectivity index (χ0v) is 12.7. The van der Waals surface area contributed by atoms with Crippen LogP contribution in [0.15, 0.2) is 48.5 Å². The summed E-state index contributed by atoms with van der Waals surface area (Å²) < 4.78 is 5.54. The van der Waals surface area contributed by atoms with Crippen LogP contribution in [0.4, 0.5) is 5.69 Å². The molecule has 0 saturated heterocycles. The summed E-state index contributed by atoms with van der Waals surface area (Å²) in [4.78, 5) is 12.2. The summed E-state index contributed by atoms with van der Waals surface area (Å²) in [7, 11) is 0. The zero-order valence-electron chi connectivity index (χ0n) is 12.7. The first-order chi connectivity index (χ1) is 10.0. The fourth-order valence-corrected chi connectivity index (χ4v) is 1.94. The number of hydrogen-bond donors (Lipinski definition) is 1.